The quantitative estimate of drug-likeness (QED) is 0.598. The van der Waals surface area contributed by atoms with Crippen molar-refractivity contribution in [3.63, 3.8) is 0 Å². The Hall–Kier alpha value is -1.24. The summed E-state index contributed by atoms with van der Waals surface area (Å²) >= 11 is 6.07. The van der Waals surface area contributed by atoms with Crippen molar-refractivity contribution in [3.05, 3.63) is 23.0 Å². The van der Waals surface area contributed by atoms with Crippen molar-refractivity contribution in [3.8, 4) is 0 Å². The van der Waals surface area contributed by atoms with Crippen molar-refractivity contribution in [2.45, 2.75) is 25.4 Å². The molecule has 1 aromatic rings. The molecule has 6 nitrogen and oxygen atoms in total. The molecule has 1 unspecified atom stereocenters. The monoisotopic (exact) mass is 355 g/mol. The number of hydrogen-bond donors (Lipinski definition) is 1. The highest BCUT2D eigenvalue weighted by molar-refractivity contribution is 6.30. The lowest BCUT2D eigenvalue weighted by Gasteiger charge is -2.27. The van der Waals surface area contributed by atoms with E-state index in [1.165, 1.54) is 12.8 Å². The first kappa shape index (κ1) is 19.1. The third-order valence-electron chi connectivity index (χ3n) is 4.62. The lowest BCUT2D eigenvalue weighted by Crippen LogP contribution is -2.46. The molecule has 24 heavy (non-hydrogen) atoms. The SMILES string of the molecule is CN=C(NCC1CCCN1CCOC)N(C)Cc1cc(Cl)cn1C. The van der Waals surface area contributed by atoms with Gasteiger partial charge >= 0.3 is 0 Å². The van der Waals surface area contributed by atoms with Crippen LogP contribution in [-0.4, -0.2) is 73.8 Å². The molecule has 0 saturated carbocycles. The van der Waals surface area contributed by atoms with E-state index in [4.69, 9.17) is 16.3 Å². The van der Waals surface area contributed by atoms with Crippen LogP contribution in [0.3, 0.4) is 0 Å². The second kappa shape index (κ2) is 9.30. The van der Waals surface area contributed by atoms with Crippen molar-refractivity contribution in [1.29, 1.82) is 0 Å². The fourth-order valence-electron chi connectivity index (χ4n) is 3.26. The fraction of sp³-hybridized carbons (Fsp3) is 0.706. The Morgan fingerprint density at radius 2 is 2.33 bits per heavy atom. The first-order chi connectivity index (χ1) is 11.5. The van der Waals surface area contributed by atoms with Crippen LogP contribution in [0.2, 0.25) is 5.02 Å². The van der Waals surface area contributed by atoms with Crippen LogP contribution in [0.1, 0.15) is 18.5 Å². The Labute approximate surface area is 150 Å². The maximum Gasteiger partial charge on any atom is 0.193 e. The van der Waals surface area contributed by atoms with Crippen LogP contribution in [0.25, 0.3) is 0 Å². The number of ether oxygens (including phenoxy) is 1. The molecular weight excluding hydrogens is 326 g/mol. The number of aromatic nitrogens is 1. The summed E-state index contributed by atoms with van der Waals surface area (Å²) in [7, 11) is 7.65. The Morgan fingerprint density at radius 1 is 1.54 bits per heavy atom. The van der Waals surface area contributed by atoms with E-state index in [1.54, 1.807) is 7.11 Å². The molecule has 0 aliphatic carbocycles. The summed E-state index contributed by atoms with van der Waals surface area (Å²) in [6.45, 7) is 4.63. The van der Waals surface area contributed by atoms with Crippen LogP contribution in [-0.2, 0) is 18.3 Å². The van der Waals surface area contributed by atoms with Crippen molar-refractivity contribution in [1.82, 2.24) is 19.7 Å². The van der Waals surface area contributed by atoms with Gasteiger partial charge in [0.05, 0.1) is 18.2 Å². The van der Waals surface area contributed by atoms with Gasteiger partial charge in [-0.2, -0.15) is 0 Å². The van der Waals surface area contributed by atoms with Gasteiger partial charge in [-0.25, -0.2) is 0 Å². The molecular formula is C17H30ClN5O. The summed E-state index contributed by atoms with van der Waals surface area (Å²) in [5.74, 6) is 0.908. The Balaban J connectivity index is 1.86. The largest absolute Gasteiger partial charge is 0.383 e. The third kappa shape index (κ3) is 5.13. The molecule has 2 heterocycles. The number of aliphatic imine (C=N–C) groups is 1. The maximum atomic E-state index is 6.07. The lowest BCUT2D eigenvalue weighted by molar-refractivity contribution is 0.141. The smallest absolute Gasteiger partial charge is 0.193 e. The standard InChI is InChI=1S/C17H30ClN5O/c1-19-17(22(3)13-16-10-14(18)12-21(16)2)20-11-15-6-5-7-23(15)8-9-24-4/h10,12,15H,5-9,11,13H2,1-4H3,(H,19,20). The average molecular weight is 356 g/mol. The summed E-state index contributed by atoms with van der Waals surface area (Å²) in [5.41, 5.74) is 1.16. The molecule has 1 aromatic heterocycles. The molecule has 1 aliphatic heterocycles. The van der Waals surface area contributed by atoms with Gasteiger partial charge in [0.2, 0.25) is 0 Å². The minimum atomic E-state index is 0.551. The minimum absolute atomic E-state index is 0.551. The number of nitrogens with one attached hydrogen (secondary N) is 1. The van der Waals surface area contributed by atoms with E-state index >= 15 is 0 Å². The summed E-state index contributed by atoms with van der Waals surface area (Å²) in [6, 6.07) is 2.55. The van der Waals surface area contributed by atoms with Gasteiger partial charge in [-0.15, -0.1) is 0 Å². The Bertz CT molecular complexity index is 545. The number of aryl methyl sites for hydroxylation is 1. The van der Waals surface area contributed by atoms with Crippen molar-refractivity contribution in [2.24, 2.45) is 12.0 Å². The molecule has 0 spiro atoms. The molecule has 1 fully saturated rings. The van der Waals surface area contributed by atoms with Crippen molar-refractivity contribution >= 4 is 17.6 Å². The number of halogens is 1. The molecule has 1 atom stereocenters. The maximum absolute atomic E-state index is 6.07. The zero-order valence-corrected chi connectivity index (χ0v) is 16.0. The molecule has 7 heteroatoms. The van der Waals surface area contributed by atoms with Gasteiger partial charge in [-0.05, 0) is 25.5 Å². The lowest BCUT2D eigenvalue weighted by atomic mass is 10.2. The molecule has 1 saturated heterocycles. The second-order valence-electron chi connectivity index (χ2n) is 6.37. The first-order valence-electron chi connectivity index (χ1n) is 8.50. The number of hydrogen-bond acceptors (Lipinski definition) is 3. The molecule has 0 radical (unpaired) electrons. The highest BCUT2D eigenvalue weighted by Crippen LogP contribution is 2.16. The van der Waals surface area contributed by atoms with Crippen LogP contribution in [0, 0.1) is 0 Å². The zero-order chi connectivity index (χ0) is 17.5. The van der Waals surface area contributed by atoms with Gasteiger partial charge in [0.25, 0.3) is 0 Å². The molecule has 2 rings (SSSR count). The molecule has 0 amide bonds. The Morgan fingerprint density at radius 3 is 2.96 bits per heavy atom. The average Bonchev–Trinajstić information content (AvgIpc) is 3.12. The van der Waals surface area contributed by atoms with Gasteiger partial charge in [0.15, 0.2) is 5.96 Å². The molecule has 136 valence electrons. The predicted molar refractivity (Wildman–Crippen MR) is 99.7 cm³/mol. The van der Waals surface area contributed by atoms with Gasteiger partial charge in [-0.1, -0.05) is 11.6 Å². The van der Waals surface area contributed by atoms with Gasteiger partial charge in [0.1, 0.15) is 0 Å². The molecule has 1 N–H and O–H groups in total. The van der Waals surface area contributed by atoms with E-state index in [9.17, 15) is 0 Å². The molecule has 0 aromatic carbocycles. The van der Waals surface area contributed by atoms with E-state index in [0.717, 1.165) is 49.5 Å². The van der Waals surface area contributed by atoms with Crippen LogP contribution >= 0.6 is 11.6 Å². The number of guanidine groups is 1. The van der Waals surface area contributed by atoms with Gasteiger partial charge < -0.3 is 19.5 Å². The molecule has 0 bridgehead atoms. The summed E-state index contributed by atoms with van der Waals surface area (Å²) < 4.78 is 7.26. The summed E-state index contributed by atoms with van der Waals surface area (Å²) in [4.78, 5) is 9.04. The molecule has 1 aliphatic rings. The fourth-order valence-corrected chi connectivity index (χ4v) is 3.54. The number of likely N-dealkylation sites (tertiary alicyclic amines) is 1. The predicted octanol–water partition coefficient (Wildman–Crippen LogP) is 1.80. The van der Waals surface area contributed by atoms with Crippen molar-refractivity contribution in [2.75, 3.05) is 47.4 Å². The summed E-state index contributed by atoms with van der Waals surface area (Å²) in [5, 5.41) is 4.28. The highest BCUT2D eigenvalue weighted by atomic mass is 35.5. The van der Waals surface area contributed by atoms with E-state index in [-0.39, 0.29) is 0 Å². The normalized spacial score (nSPS) is 19.0. The van der Waals surface area contributed by atoms with E-state index in [1.807, 2.05) is 33.4 Å². The Kier molecular flexibility index (Phi) is 7.40. The second-order valence-corrected chi connectivity index (χ2v) is 6.81. The van der Waals surface area contributed by atoms with Gasteiger partial charge in [-0.3, -0.25) is 9.89 Å². The van der Waals surface area contributed by atoms with E-state index < -0.39 is 0 Å². The van der Waals surface area contributed by atoms with Crippen LogP contribution in [0.4, 0.5) is 0 Å². The number of rotatable bonds is 7. The third-order valence-corrected chi connectivity index (χ3v) is 4.83. The highest BCUT2D eigenvalue weighted by Gasteiger charge is 2.24. The number of methoxy groups -OCH3 is 1. The minimum Gasteiger partial charge on any atom is -0.383 e. The topological polar surface area (TPSA) is 45.0 Å². The zero-order valence-electron chi connectivity index (χ0n) is 15.3. The number of nitrogens with zero attached hydrogens (tertiary/aromatic N) is 4. The summed E-state index contributed by atoms with van der Waals surface area (Å²) in [6.07, 6.45) is 4.41. The van der Waals surface area contributed by atoms with Gasteiger partial charge in [0, 0.05) is 59.3 Å². The van der Waals surface area contributed by atoms with Crippen molar-refractivity contribution < 1.29 is 4.74 Å². The van der Waals surface area contributed by atoms with Crippen LogP contribution in [0.15, 0.2) is 17.3 Å². The van der Waals surface area contributed by atoms with Crippen LogP contribution < -0.4 is 5.32 Å². The first-order valence-corrected chi connectivity index (χ1v) is 8.88. The van der Waals surface area contributed by atoms with E-state index in [2.05, 4.69) is 24.7 Å². The van der Waals surface area contributed by atoms with E-state index in [0.29, 0.717) is 6.04 Å². The van der Waals surface area contributed by atoms with Crippen LogP contribution in [0.5, 0.6) is 0 Å².